The van der Waals surface area contributed by atoms with E-state index in [0.29, 0.717) is 5.92 Å². The van der Waals surface area contributed by atoms with Gasteiger partial charge >= 0.3 is 0 Å². The number of aromatic nitrogens is 1. The fourth-order valence-electron chi connectivity index (χ4n) is 3.16. The number of fused-ring (bicyclic) bond motifs is 1. The van der Waals surface area contributed by atoms with E-state index in [9.17, 15) is 0 Å². The van der Waals surface area contributed by atoms with Gasteiger partial charge in [0, 0.05) is 11.4 Å². The second-order valence-corrected chi connectivity index (χ2v) is 7.42. The van der Waals surface area contributed by atoms with E-state index in [2.05, 4.69) is 36.4 Å². The van der Waals surface area contributed by atoms with Crippen LogP contribution in [0, 0.1) is 5.92 Å². The molecule has 0 aliphatic heterocycles. The van der Waals surface area contributed by atoms with Gasteiger partial charge in [0.1, 0.15) is 0 Å². The number of thiazole rings is 1. The zero-order chi connectivity index (χ0) is 14.2. The van der Waals surface area contributed by atoms with Gasteiger partial charge in [0.2, 0.25) is 0 Å². The van der Waals surface area contributed by atoms with Crippen LogP contribution in [0.25, 0.3) is 10.2 Å². The van der Waals surface area contributed by atoms with E-state index in [1.54, 1.807) is 0 Å². The summed E-state index contributed by atoms with van der Waals surface area (Å²) in [6.07, 6.45) is 3.68. The van der Waals surface area contributed by atoms with Crippen molar-refractivity contribution in [3.8, 4) is 0 Å². The summed E-state index contributed by atoms with van der Waals surface area (Å²) in [5, 5.41) is 2.11. The molecule has 1 aliphatic carbocycles. The third-order valence-electron chi connectivity index (χ3n) is 4.38. The lowest BCUT2D eigenvalue weighted by atomic mass is 9.70. The van der Waals surface area contributed by atoms with Crippen molar-refractivity contribution in [2.75, 3.05) is 0 Å². The van der Waals surface area contributed by atoms with E-state index in [4.69, 9.17) is 16.6 Å². The highest BCUT2D eigenvalue weighted by atomic mass is 35.5. The van der Waals surface area contributed by atoms with Crippen LogP contribution in [-0.4, -0.2) is 4.98 Å². The molecule has 0 unspecified atom stereocenters. The molecule has 0 radical (unpaired) electrons. The van der Waals surface area contributed by atoms with Gasteiger partial charge < -0.3 is 0 Å². The number of halogens is 1. The minimum atomic E-state index is 0.710. The fourth-order valence-corrected chi connectivity index (χ4v) is 4.37. The van der Waals surface area contributed by atoms with Gasteiger partial charge in [0.25, 0.3) is 0 Å². The number of rotatable bonds is 3. The molecule has 3 heteroatoms. The fraction of sp³-hybridized carbons (Fsp3) is 0.278. The Morgan fingerprint density at radius 1 is 1.05 bits per heavy atom. The minimum absolute atomic E-state index is 0.710. The second kappa shape index (κ2) is 5.43. The van der Waals surface area contributed by atoms with Crippen molar-refractivity contribution in [2.45, 2.75) is 25.2 Å². The predicted molar refractivity (Wildman–Crippen MR) is 90.2 cm³/mol. The number of benzene rings is 2. The smallest absolute Gasteiger partial charge is 0.0941 e. The third-order valence-corrected chi connectivity index (χ3v) is 5.69. The monoisotopic (exact) mass is 313 g/mol. The van der Waals surface area contributed by atoms with Crippen LogP contribution in [0.1, 0.15) is 29.3 Å². The summed E-state index contributed by atoms with van der Waals surface area (Å²) in [7, 11) is 0. The first-order chi connectivity index (χ1) is 10.3. The lowest BCUT2D eigenvalue weighted by molar-refractivity contribution is 0.262. The number of para-hydroxylation sites is 1. The molecule has 1 fully saturated rings. The van der Waals surface area contributed by atoms with Gasteiger partial charge in [0.05, 0.1) is 15.2 Å². The maximum Gasteiger partial charge on any atom is 0.0941 e. The molecule has 2 aromatic carbocycles. The predicted octanol–water partition coefficient (Wildman–Crippen LogP) is 5.69. The molecule has 0 spiro atoms. The van der Waals surface area contributed by atoms with Crippen molar-refractivity contribution in [1.29, 1.82) is 0 Å². The maximum absolute atomic E-state index is 5.95. The van der Waals surface area contributed by atoms with E-state index in [1.807, 2.05) is 23.5 Å². The first kappa shape index (κ1) is 13.3. The topological polar surface area (TPSA) is 12.9 Å². The van der Waals surface area contributed by atoms with Gasteiger partial charge in [0.15, 0.2) is 0 Å². The molecule has 106 valence electrons. The molecule has 0 N–H and O–H groups in total. The van der Waals surface area contributed by atoms with Crippen LogP contribution in [-0.2, 0) is 6.42 Å². The summed E-state index contributed by atoms with van der Waals surface area (Å²) in [5.41, 5.74) is 2.58. The zero-order valence-corrected chi connectivity index (χ0v) is 13.2. The zero-order valence-electron chi connectivity index (χ0n) is 11.6. The molecular formula is C18H16ClNS. The van der Waals surface area contributed by atoms with Gasteiger partial charge in [-0.15, -0.1) is 11.3 Å². The molecule has 1 aromatic heterocycles. The average Bonchev–Trinajstić information content (AvgIpc) is 2.86. The summed E-state index contributed by atoms with van der Waals surface area (Å²) in [5.74, 6) is 1.49. The molecule has 1 nitrogen and oxygen atoms in total. The molecular weight excluding hydrogens is 298 g/mol. The van der Waals surface area contributed by atoms with Crippen molar-refractivity contribution in [3.63, 3.8) is 0 Å². The number of hydrogen-bond acceptors (Lipinski definition) is 2. The van der Waals surface area contributed by atoms with Crippen molar-refractivity contribution < 1.29 is 0 Å². The molecule has 4 rings (SSSR count). The van der Waals surface area contributed by atoms with Gasteiger partial charge in [-0.3, -0.25) is 0 Å². The lowest BCUT2D eigenvalue weighted by Gasteiger charge is -2.35. The lowest BCUT2D eigenvalue weighted by Crippen LogP contribution is -2.23. The van der Waals surface area contributed by atoms with Crippen molar-refractivity contribution >= 4 is 33.2 Å². The Morgan fingerprint density at radius 3 is 2.57 bits per heavy atom. The molecule has 0 saturated heterocycles. The van der Waals surface area contributed by atoms with Crippen molar-refractivity contribution in [1.82, 2.24) is 4.98 Å². The van der Waals surface area contributed by atoms with Crippen LogP contribution in [0.4, 0.5) is 0 Å². The van der Waals surface area contributed by atoms with Crippen LogP contribution in [0.5, 0.6) is 0 Å². The quantitative estimate of drug-likeness (QED) is 0.605. The van der Waals surface area contributed by atoms with Gasteiger partial charge in [-0.05, 0) is 54.5 Å². The van der Waals surface area contributed by atoms with Crippen LogP contribution in [0.15, 0.2) is 48.5 Å². The molecule has 0 atom stereocenters. The highest BCUT2D eigenvalue weighted by Crippen LogP contribution is 2.43. The first-order valence-electron chi connectivity index (χ1n) is 7.38. The van der Waals surface area contributed by atoms with E-state index >= 15 is 0 Å². The Morgan fingerprint density at radius 2 is 1.81 bits per heavy atom. The Balaban J connectivity index is 1.40. The summed E-state index contributed by atoms with van der Waals surface area (Å²) in [4.78, 5) is 4.74. The molecule has 0 amide bonds. The summed E-state index contributed by atoms with van der Waals surface area (Å²) in [6, 6.07) is 16.7. The van der Waals surface area contributed by atoms with Crippen molar-refractivity contribution in [3.05, 3.63) is 64.1 Å². The molecule has 1 heterocycles. The molecule has 1 saturated carbocycles. The van der Waals surface area contributed by atoms with Crippen LogP contribution >= 0.6 is 22.9 Å². The molecule has 21 heavy (non-hydrogen) atoms. The number of nitrogens with zero attached hydrogens (tertiary/aromatic N) is 1. The van der Waals surface area contributed by atoms with Crippen molar-refractivity contribution in [2.24, 2.45) is 5.92 Å². The largest absolute Gasteiger partial charge is 0.241 e. The maximum atomic E-state index is 5.95. The second-order valence-electron chi connectivity index (χ2n) is 5.87. The summed E-state index contributed by atoms with van der Waals surface area (Å²) >= 11 is 7.79. The highest BCUT2D eigenvalue weighted by molar-refractivity contribution is 7.18. The van der Waals surface area contributed by atoms with E-state index in [0.717, 1.165) is 22.9 Å². The average molecular weight is 314 g/mol. The van der Waals surface area contributed by atoms with Crippen LogP contribution in [0.2, 0.25) is 5.02 Å². The third kappa shape index (κ3) is 2.70. The Kier molecular flexibility index (Phi) is 3.44. The van der Waals surface area contributed by atoms with Crippen LogP contribution in [0.3, 0.4) is 0 Å². The molecule has 3 aromatic rings. The van der Waals surface area contributed by atoms with E-state index in [1.165, 1.54) is 28.1 Å². The van der Waals surface area contributed by atoms with Gasteiger partial charge in [-0.1, -0.05) is 35.9 Å². The number of hydrogen-bond donors (Lipinski definition) is 0. The minimum Gasteiger partial charge on any atom is -0.241 e. The normalized spacial score (nSPS) is 21.4. The van der Waals surface area contributed by atoms with E-state index in [-0.39, 0.29) is 0 Å². The molecule has 1 aliphatic rings. The summed E-state index contributed by atoms with van der Waals surface area (Å²) in [6.45, 7) is 0. The standard InChI is InChI=1S/C18H16ClNS/c19-15-7-5-13(6-8-15)14-9-12(10-14)11-18-20-16-3-1-2-4-17(16)21-18/h1-8,12,14H,9-11H2. The Labute approximate surface area is 133 Å². The van der Waals surface area contributed by atoms with Gasteiger partial charge in [-0.25, -0.2) is 4.98 Å². The molecule has 0 bridgehead atoms. The highest BCUT2D eigenvalue weighted by Gasteiger charge is 2.30. The SMILES string of the molecule is Clc1ccc(C2CC(Cc3nc4ccccc4s3)C2)cc1. The Bertz CT molecular complexity index is 723. The first-order valence-corrected chi connectivity index (χ1v) is 8.57. The van der Waals surface area contributed by atoms with Crippen LogP contribution < -0.4 is 0 Å². The Hall–Kier alpha value is -1.38. The van der Waals surface area contributed by atoms with Gasteiger partial charge in [-0.2, -0.15) is 0 Å². The van der Waals surface area contributed by atoms with E-state index < -0.39 is 0 Å². The summed E-state index contributed by atoms with van der Waals surface area (Å²) < 4.78 is 1.31.